The average Bonchev–Trinajstić information content (AvgIpc) is 2.76. The van der Waals surface area contributed by atoms with Gasteiger partial charge in [-0.3, -0.25) is 9.78 Å². The number of hydrogen-bond donors (Lipinski definition) is 2. The highest BCUT2D eigenvalue weighted by Crippen LogP contribution is 2.32. The first-order chi connectivity index (χ1) is 14.9. The molecule has 1 saturated carbocycles. The molecule has 1 aliphatic rings. The Balaban J connectivity index is 1.59. The number of carbonyl (C=O) groups is 1. The monoisotopic (exact) mass is 415 g/mol. The third-order valence-corrected chi connectivity index (χ3v) is 5.75. The highest BCUT2D eigenvalue weighted by Gasteiger charge is 2.17. The zero-order valence-corrected chi connectivity index (χ0v) is 17.2. The number of amides is 1. The molecule has 0 aliphatic heterocycles. The Hall–Kier alpha value is -3.79. The van der Waals surface area contributed by atoms with Crippen LogP contribution in [-0.2, 0) is 4.79 Å². The van der Waals surface area contributed by atoms with Crippen molar-refractivity contribution in [3.05, 3.63) is 59.8 Å². The largest absolute Gasteiger partial charge is 0.397 e. The first-order valence-corrected chi connectivity index (χ1v) is 10.1. The van der Waals surface area contributed by atoms with Crippen LogP contribution in [0.25, 0.3) is 21.9 Å². The zero-order valence-electron chi connectivity index (χ0n) is 17.2. The molecular weight excluding hydrogens is 393 g/mol. The smallest absolute Gasteiger partial charge is 0.249 e. The second-order valence-corrected chi connectivity index (χ2v) is 7.85. The number of nitrogens with zero attached hydrogens (tertiary/aromatic N) is 3. The molecule has 2 heterocycles. The molecule has 1 fully saturated rings. The van der Waals surface area contributed by atoms with Crippen LogP contribution in [0, 0.1) is 30.0 Å². The normalized spacial score (nSPS) is 16.0. The van der Waals surface area contributed by atoms with Crippen LogP contribution in [0.3, 0.4) is 0 Å². The number of fused-ring (bicyclic) bond motifs is 1. The molecule has 0 atom stereocenters. The fraction of sp³-hybridized carbons (Fsp3) is 0.250. The number of pyridine rings is 2. The molecule has 1 aromatic carbocycles. The minimum Gasteiger partial charge on any atom is -0.397 e. The number of hydrogen-bond acceptors (Lipinski definition) is 5. The van der Waals surface area contributed by atoms with Crippen LogP contribution in [0.4, 0.5) is 15.9 Å². The van der Waals surface area contributed by atoms with Crippen LogP contribution in [0.2, 0.25) is 0 Å². The van der Waals surface area contributed by atoms with Gasteiger partial charge in [0, 0.05) is 40.9 Å². The molecule has 1 aliphatic carbocycles. The third-order valence-electron chi connectivity index (χ3n) is 5.75. The van der Waals surface area contributed by atoms with Crippen molar-refractivity contribution >= 4 is 28.2 Å². The summed E-state index contributed by atoms with van der Waals surface area (Å²) >= 11 is 0. The third kappa shape index (κ3) is 4.38. The Morgan fingerprint density at radius 2 is 1.97 bits per heavy atom. The molecular formula is C24H22FN5O. The van der Waals surface area contributed by atoms with Crippen molar-refractivity contribution in [2.75, 3.05) is 11.1 Å². The number of nitriles is 1. The van der Waals surface area contributed by atoms with Gasteiger partial charge in [-0.15, -0.1) is 0 Å². The first kappa shape index (κ1) is 20.5. The van der Waals surface area contributed by atoms with Crippen molar-refractivity contribution in [1.29, 1.82) is 5.26 Å². The number of anilines is 2. The molecule has 0 radical (unpaired) electrons. The average molecular weight is 415 g/mol. The van der Waals surface area contributed by atoms with Gasteiger partial charge in [0.15, 0.2) is 0 Å². The molecule has 156 valence electrons. The van der Waals surface area contributed by atoms with Crippen LogP contribution < -0.4 is 11.1 Å². The van der Waals surface area contributed by atoms with E-state index in [1.54, 1.807) is 24.4 Å². The van der Waals surface area contributed by atoms with E-state index in [1.165, 1.54) is 18.5 Å². The first-order valence-electron chi connectivity index (χ1n) is 10.1. The molecule has 0 unspecified atom stereocenters. The molecule has 4 rings (SSSR count). The SMILES string of the molecule is Cc1c(N)cncc1-c1cc2cc(NC(=O)C=C3CCC(C#N)CC3)ncc2cc1F. The fourth-order valence-electron chi connectivity index (χ4n) is 3.86. The summed E-state index contributed by atoms with van der Waals surface area (Å²) in [6, 6.07) is 7.14. The number of nitrogen functional groups attached to an aromatic ring is 1. The topological polar surface area (TPSA) is 105 Å². The number of benzene rings is 1. The second kappa shape index (κ2) is 8.52. The number of aromatic nitrogens is 2. The summed E-state index contributed by atoms with van der Waals surface area (Å²) in [6.45, 7) is 1.83. The predicted octanol–water partition coefficient (Wildman–Crippen LogP) is 4.91. The Kier molecular flexibility index (Phi) is 5.63. The highest BCUT2D eigenvalue weighted by atomic mass is 19.1. The summed E-state index contributed by atoms with van der Waals surface area (Å²) in [4.78, 5) is 20.7. The maximum absolute atomic E-state index is 14.7. The van der Waals surface area contributed by atoms with E-state index in [-0.39, 0.29) is 17.6 Å². The van der Waals surface area contributed by atoms with Gasteiger partial charge in [0.05, 0.1) is 18.0 Å². The summed E-state index contributed by atoms with van der Waals surface area (Å²) < 4.78 is 14.7. The zero-order chi connectivity index (χ0) is 22.0. The van der Waals surface area contributed by atoms with E-state index < -0.39 is 0 Å². The van der Waals surface area contributed by atoms with Crippen LogP contribution in [-0.4, -0.2) is 15.9 Å². The highest BCUT2D eigenvalue weighted by molar-refractivity contribution is 6.00. The molecule has 1 amide bonds. The van der Waals surface area contributed by atoms with Gasteiger partial charge in [0.1, 0.15) is 11.6 Å². The number of halogens is 1. The van der Waals surface area contributed by atoms with Crippen LogP contribution >= 0.6 is 0 Å². The van der Waals surface area contributed by atoms with Crippen LogP contribution in [0.15, 0.2) is 48.4 Å². The summed E-state index contributed by atoms with van der Waals surface area (Å²) in [7, 11) is 0. The van der Waals surface area contributed by atoms with E-state index in [4.69, 9.17) is 11.0 Å². The molecule has 2 aromatic heterocycles. The van der Waals surface area contributed by atoms with Gasteiger partial charge in [0.2, 0.25) is 5.91 Å². The Morgan fingerprint density at radius 3 is 2.71 bits per heavy atom. The molecule has 0 saturated heterocycles. The maximum Gasteiger partial charge on any atom is 0.249 e. The Bertz CT molecular complexity index is 1230. The van der Waals surface area contributed by atoms with Crippen molar-refractivity contribution in [2.45, 2.75) is 32.6 Å². The summed E-state index contributed by atoms with van der Waals surface area (Å²) in [5, 5.41) is 13.1. The van der Waals surface area contributed by atoms with Gasteiger partial charge < -0.3 is 11.1 Å². The molecule has 31 heavy (non-hydrogen) atoms. The number of allylic oxidation sites excluding steroid dienone is 1. The molecule has 6 nitrogen and oxygen atoms in total. The molecule has 0 bridgehead atoms. The summed E-state index contributed by atoms with van der Waals surface area (Å²) in [6.07, 6.45) is 9.35. The lowest BCUT2D eigenvalue weighted by Gasteiger charge is -2.18. The quantitative estimate of drug-likeness (QED) is 0.592. The fourth-order valence-corrected chi connectivity index (χ4v) is 3.86. The van der Waals surface area contributed by atoms with Gasteiger partial charge >= 0.3 is 0 Å². The van der Waals surface area contributed by atoms with Crippen LogP contribution in [0.5, 0.6) is 0 Å². The lowest BCUT2D eigenvalue weighted by molar-refractivity contribution is -0.112. The summed E-state index contributed by atoms with van der Waals surface area (Å²) in [5.41, 5.74) is 9.24. The summed E-state index contributed by atoms with van der Waals surface area (Å²) in [5.74, 6) is -0.175. The Morgan fingerprint density at radius 1 is 1.19 bits per heavy atom. The van der Waals surface area contributed by atoms with E-state index in [0.29, 0.717) is 28.0 Å². The molecule has 7 heteroatoms. The van der Waals surface area contributed by atoms with E-state index in [1.807, 2.05) is 6.92 Å². The van der Waals surface area contributed by atoms with Gasteiger partial charge in [-0.1, -0.05) is 5.57 Å². The number of carbonyl (C=O) groups excluding carboxylic acids is 1. The van der Waals surface area contributed by atoms with Gasteiger partial charge in [0.25, 0.3) is 0 Å². The number of nitrogens with two attached hydrogens (primary N) is 1. The lowest BCUT2D eigenvalue weighted by Crippen LogP contribution is -2.12. The maximum atomic E-state index is 14.7. The standard InChI is InChI=1S/C24H22FN5O/c1-14-20(12-28-13-22(14)27)19-7-17-9-23(29-11-18(17)8-21(19)25)30-24(31)6-15-2-4-16(10-26)5-3-15/h6-9,11-13,16H,2-5,27H2,1H3,(H,29,30,31). The van der Waals surface area contributed by atoms with Gasteiger partial charge in [-0.2, -0.15) is 5.26 Å². The van der Waals surface area contributed by atoms with E-state index in [9.17, 15) is 9.18 Å². The lowest BCUT2D eigenvalue weighted by atomic mass is 9.86. The number of nitrogens with one attached hydrogen (secondary N) is 1. The van der Waals surface area contributed by atoms with Gasteiger partial charge in [-0.05, 0) is 61.8 Å². The van der Waals surface area contributed by atoms with Crippen molar-refractivity contribution in [3.8, 4) is 17.2 Å². The van der Waals surface area contributed by atoms with Crippen molar-refractivity contribution in [1.82, 2.24) is 9.97 Å². The predicted molar refractivity (Wildman–Crippen MR) is 118 cm³/mol. The second-order valence-electron chi connectivity index (χ2n) is 7.85. The molecule has 3 aromatic rings. The van der Waals surface area contributed by atoms with E-state index in [0.717, 1.165) is 42.2 Å². The van der Waals surface area contributed by atoms with Gasteiger partial charge in [-0.25, -0.2) is 9.37 Å². The van der Waals surface area contributed by atoms with Crippen molar-refractivity contribution < 1.29 is 9.18 Å². The molecule has 0 spiro atoms. The minimum atomic E-state index is -0.390. The Labute approximate surface area is 179 Å². The van der Waals surface area contributed by atoms with Crippen molar-refractivity contribution in [2.24, 2.45) is 5.92 Å². The van der Waals surface area contributed by atoms with Crippen molar-refractivity contribution in [3.63, 3.8) is 0 Å². The van der Waals surface area contributed by atoms with Crippen LogP contribution in [0.1, 0.15) is 31.2 Å². The van der Waals surface area contributed by atoms with E-state index in [2.05, 4.69) is 21.4 Å². The van der Waals surface area contributed by atoms with E-state index >= 15 is 0 Å². The minimum absolute atomic E-state index is 0.0794. The number of rotatable bonds is 3. The molecule has 3 N–H and O–H groups in total.